The van der Waals surface area contributed by atoms with E-state index < -0.39 is 5.82 Å². The third-order valence-corrected chi connectivity index (χ3v) is 8.85. The van der Waals surface area contributed by atoms with Gasteiger partial charge in [-0.25, -0.2) is 4.39 Å². The quantitative estimate of drug-likeness (QED) is 0.342. The summed E-state index contributed by atoms with van der Waals surface area (Å²) >= 11 is 0. The number of phenolic OH excluding ortho intramolecular Hbond substituents is 1. The Morgan fingerprint density at radius 1 is 1.10 bits per heavy atom. The Bertz CT molecular complexity index is 1610. The zero-order valence-corrected chi connectivity index (χ0v) is 22.7. The number of rotatable bonds is 6. The lowest BCUT2D eigenvalue weighted by atomic mass is 9.92. The zero-order valence-electron chi connectivity index (χ0n) is 22.7. The lowest BCUT2D eigenvalue weighted by Gasteiger charge is -2.34. The Balaban J connectivity index is 1.41. The van der Waals surface area contributed by atoms with Gasteiger partial charge in [-0.2, -0.15) is 9.97 Å². The second kappa shape index (κ2) is 10.0. The Hall–Kier alpha value is -3.75. The van der Waals surface area contributed by atoms with Crippen molar-refractivity contribution in [1.82, 2.24) is 20.2 Å². The van der Waals surface area contributed by atoms with E-state index in [1.807, 2.05) is 30.3 Å². The van der Waals surface area contributed by atoms with Gasteiger partial charge in [-0.1, -0.05) is 36.9 Å². The summed E-state index contributed by atoms with van der Waals surface area (Å²) in [4.78, 5) is 14.1. The van der Waals surface area contributed by atoms with Crippen LogP contribution < -0.4 is 15.0 Å². The van der Waals surface area contributed by atoms with E-state index in [2.05, 4.69) is 33.7 Å². The molecule has 3 aliphatic rings. The molecule has 2 N–H and O–H groups in total. The number of aromatic nitrogens is 2. The van der Waals surface area contributed by atoms with Gasteiger partial charge in [-0.05, 0) is 79.4 Å². The number of nitrogens with one attached hydrogen (secondary N) is 1. The van der Waals surface area contributed by atoms with Gasteiger partial charge in [0, 0.05) is 42.2 Å². The molecule has 40 heavy (non-hydrogen) atoms. The summed E-state index contributed by atoms with van der Waals surface area (Å²) in [6.07, 6.45) is 6.12. The van der Waals surface area contributed by atoms with Crippen molar-refractivity contribution in [1.29, 1.82) is 0 Å². The first kappa shape index (κ1) is 25.2. The van der Waals surface area contributed by atoms with E-state index in [0.717, 1.165) is 56.1 Å². The maximum absolute atomic E-state index is 16.8. The molecule has 4 aromatic rings. The molecule has 1 aromatic heterocycles. The van der Waals surface area contributed by atoms with Crippen LogP contribution in [0.15, 0.2) is 49.0 Å². The van der Waals surface area contributed by atoms with E-state index in [9.17, 15) is 5.11 Å². The maximum Gasteiger partial charge on any atom is 0.319 e. The number of benzene rings is 3. The molecule has 0 amide bonds. The lowest BCUT2D eigenvalue weighted by Crippen LogP contribution is -2.51. The molecule has 206 valence electrons. The van der Waals surface area contributed by atoms with Crippen molar-refractivity contribution in [3.63, 3.8) is 0 Å². The van der Waals surface area contributed by atoms with Crippen LogP contribution in [0.5, 0.6) is 11.8 Å². The van der Waals surface area contributed by atoms with Gasteiger partial charge < -0.3 is 25.0 Å². The molecule has 0 saturated carbocycles. The Morgan fingerprint density at radius 3 is 2.65 bits per heavy atom. The van der Waals surface area contributed by atoms with E-state index >= 15 is 4.39 Å². The highest BCUT2D eigenvalue weighted by Gasteiger charge is 2.34. The number of hydrogen-bond donors (Lipinski definition) is 2. The van der Waals surface area contributed by atoms with E-state index in [0.29, 0.717) is 52.6 Å². The fraction of sp³-hybridized carbons (Fsp3) is 0.375. The number of ether oxygens (including phenoxy) is 1. The molecule has 7 nitrogen and oxygen atoms in total. The van der Waals surface area contributed by atoms with Gasteiger partial charge in [0.2, 0.25) is 0 Å². The van der Waals surface area contributed by atoms with Crippen LogP contribution in [0.3, 0.4) is 0 Å². The number of hydrogen-bond acceptors (Lipinski definition) is 7. The molecular weight excluding hydrogens is 505 g/mol. The summed E-state index contributed by atoms with van der Waals surface area (Å²) in [5.74, 6) is 0.313. The van der Waals surface area contributed by atoms with E-state index in [-0.39, 0.29) is 17.3 Å². The molecule has 8 heteroatoms. The normalized spacial score (nSPS) is 22.9. The van der Waals surface area contributed by atoms with Crippen LogP contribution in [-0.2, 0) is 0 Å². The smallest absolute Gasteiger partial charge is 0.319 e. The molecule has 3 atom stereocenters. The molecule has 4 heterocycles. The summed E-state index contributed by atoms with van der Waals surface area (Å²) in [5, 5.41) is 16.5. The zero-order chi connectivity index (χ0) is 27.4. The number of piperazine rings is 1. The molecule has 2 bridgehead atoms. The molecule has 7 rings (SSSR count). The number of nitrogens with zero attached hydrogens (tertiary/aromatic N) is 4. The minimum atomic E-state index is -0.465. The maximum atomic E-state index is 16.8. The Labute approximate surface area is 233 Å². The van der Waals surface area contributed by atoms with Crippen LogP contribution in [0.2, 0.25) is 0 Å². The third-order valence-electron chi connectivity index (χ3n) is 8.85. The summed E-state index contributed by atoms with van der Waals surface area (Å²) in [6.45, 7) is 7.13. The van der Waals surface area contributed by atoms with Gasteiger partial charge in [0.25, 0.3) is 0 Å². The van der Waals surface area contributed by atoms with Gasteiger partial charge in [0.05, 0.1) is 0 Å². The molecule has 0 unspecified atom stereocenters. The highest BCUT2D eigenvalue weighted by atomic mass is 19.1. The van der Waals surface area contributed by atoms with Gasteiger partial charge in [0.1, 0.15) is 23.7 Å². The number of anilines is 1. The van der Waals surface area contributed by atoms with Crippen LogP contribution in [-0.4, -0.2) is 71.4 Å². The summed E-state index contributed by atoms with van der Waals surface area (Å²) < 4.78 is 23.0. The summed E-state index contributed by atoms with van der Waals surface area (Å²) in [5.41, 5.74) is 1.81. The van der Waals surface area contributed by atoms with Crippen molar-refractivity contribution in [2.24, 2.45) is 0 Å². The van der Waals surface area contributed by atoms with Gasteiger partial charge in [-0.3, -0.25) is 0 Å². The minimum Gasteiger partial charge on any atom is -0.508 e. The minimum absolute atomic E-state index is 0.0765. The standard InChI is InChI=1S/C32H34FN5O2/c1-3-19-14-27-30(29(33)28(19)26-15-24(39)13-20-7-4-5-9-25(20)26)35-32(40-18-23-8-6-12-37(23)2)36-31(27)38-16-21-10-11-22(17-38)34-21/h3-5,7,9,13-15,21-23,34,39H,1,6,8,10-12,16-18H2,2H3/t21-,22+,23-/m0/s1. The number of phenols is 1. The van der Waals surface area contributed by atoms with Crippen LogP contribution in [0.25, 0.3) is 38.9 Å². The van der Waals surface area contributed by atoms with Gasteiger partial charge >= 0.3 is 6.01 Å². The highest BCUT2D eigenvalue weighted by Crippen LogP contribution is 2.41. The second-order valence-corrected chi connectivity index (χ2v) is 11.4. The first-order valence-electron chi connectivity index (χ1n) is 14.2. The monoisotopic (exact) mass is 539 g/mol. The number of aromatic hydroxyl groups is 1. The SMILES string of the molecule is C=Cc1cc2c(N3C[C@H]4CC[C@@H](C3)N4)nc(OC[C@@H]3CCCN3C)nc2c(F)c1-c1cc(O)cc2ccccc12. The predicted molar refractivity (Wildman–Crippen MR) is 157 cm³/mol. The van der Waals surface area contributed by atoms with Crippen LogP contribution in [0.1, 0.15) is 31.2 Å². The fourth-order valence-corrected chi connectivity index (χ4v) is 6.78. The van der Waals surface area contributed by atoms with E-state index in [4.69, 9.17) is 9.72 Å². The van der Waals surface area contributed by atoms with Crippen molar-refractivity contribution < 1.29 is 14.2 Å². The number of likely N-dealkylation sites (tertiary alicyclic amines) is 1. The van der Waals surface area contributed by atoms with Crippen molar-refractivity contribution in [2.45, 2.75) is 43.8 Å². The van der Waals surface area contributed by atoms with Crippen molar-refractivity contribution >= 4 is 33.6 Å². The fourth-order valence-electron chi connectivity index (χ4n) is 6.78. The van der Waals surface area contributed by atoms with E-state index in [1.165, 1.54) is 0 Å². The highest BCUT2D eigenvalue weighted by molar-refractivity contribution is 6.04. The molecule has 0 aliphatic carbocycles. The molecule has 3 aromatic carbocycles. The molecular formula is C32H34FN5O2. The average Bonchev–Trinajstić information content (AvgIpc) is 3.53. The van der Waals surface area contributed by atoms with Crippen molar-refractivity contribution in [3.8, 4) is 22.9 Å². The number of halogens is 1. The molecule has 0 spiro atoms. The average molecular weight is 540 g/mol. The Kier molecular flexibility index (Phi) is 6.32. The summed E-state index contributed by atoms with van der Waals surface area (Å²) in [7, 11) is 2.10. The second-order valence-electron chi connectivity index (χ2n) is 11.4. The Morgan fingerprint density at radius 2 is 1.90 bits per heavy atom. The predicted octanol–water partition coefficient (Wildman–Crippen LogP) is 5.35. The van der Waals surface area contributed by atoms with E-state index in [1.54, 1.807) is 18.2 Å². The number of likely N-dealkylation sites (N-methyl/N-ethyl adjacent to an activating group) is 1. The number of fused-ring (bicyclic) bond motifs is 4. The van der Waals surface area contributed by atoms with Crippen LogP contribution in [0.4, 0.5) is 10.2 Å². The molecule has 3 saturated heterocycles. The van der Waals surface area contributed by atoms with Crippen molar-refractivity contribution in [3.05, 3.63) is 60.4 Å². The molecule has 0 radical (unpaired) electrons. The topological polar surface area (TPSA) is 73.8 Å². The van der Waals surface area contributed by atoms with Crippen LogP contribution >= 0.6 is 0 Å². The molecule has 3 aliphatic heterocycles. The largest absolute Gasteiger partial charge is 0.508 e. The summed E-state index contributed by atoms with van der Waals surface area (Å²) in [6, 6.07) is 14.2. The van der Waals surface area contributed by atoms with Gasteiger partial charge in [-0.15, -0.1) is 0 Å². The first-order chi connectivity index (χ1) is 19.5. The molecule has 3 fully saturated rings. The van der Waals surface area contributed by atoms with Gasteiger partial charge in [0.15, 0.2) is 5.82 Å². The van der Waals surface area contributed by atoms with Crippen molar-refractivity contribution in [2.75, 3.05) is 38.2 Å². The lowest BCUT2D eigenvalue weighted by molar-refractivity contribution is 0.188. The third kappa shape index (κ3) is 4.35. The van der Waals surface area contributed by atoms with Crippen LogP contribution in [0, 0.1) is 5.82 Å². The first-order valence-corrected chi connectivity index (χ1v) is 14.2.